The number of nitrogens with zero attached hydrogens (tertiary/aromatic N) is 4. The van der Waals surface area contributed by atoms with E-state index in [2.05, 4.69) is 52.5 Å². The van der Waals surface area contributed by atoms with Gasteiger partial charge < -0.3 is 4.90 Å². The first-order valence-electron chi connectivity index (χ1n) is 7.98. The van der Waals surface area contributed by atoms with Crippen molar-refractivity contribution >= 4 is 22.5 Å². The van der Waals surface area contributed by atoms with Crippen molar-refractivity contribution in [1.82, 2.24) is 14.4 Å². The van der Waals surface area contributed by atoms with E-state index in [9.17, 15) is 0 Å². The zero-order chi connectivity index (χ0) is 15.2. The van der Waals surface area contributed by atoms with Gasteiger partial charge in [-0.15, -0.1) is 0 Å². The van der Waals surface area contributed by atoms with Gasteiger partial charge in [0, 0.05) is 30.5 Å². The molecular weight excluding hydrogens is 284 g/mol. The van der Waals surface area contributed by atoms with Crippen molar-refractivity contribution in [3.05, 3.63) is 60.8 Å². The van der Waals surface area contributed by atoms with Crippen molar-refractivity contribution < 1.29 is 0 Å². The summed E-state index contributed by atoms with van der Waals surface area (Å²) in [6, 6.07) is 18.8. The van der Waals surface area contributed by atoms with Crippen molar-refractivity contribution in [3.63, 3.8) is 0 Å². The van der Waals surface area contributed by atoms with Gasteiger partial charge in [-0.1, -0.05) is 24.3 Å². The maximum Gasteiger partial charge on any atom is 0.235 e. The molecule has 2 aromatic heterocycles. The third-order valence-electron chi connectivity index (χ3n) is 4.56. The Labute approximate surface area is 134 Å². The number of para-hydroxylation sites is 2. The molecule has 1 aliphatic rings. The van der Waals surface area contributed by atoms with Gasteiger partial charge in [-0.2, -0.15) is 0 Å². The fourth-order valence-electron chi connectivity index (χ4n) is 3.13. The Bertz CT molecular complexity index is 997. The lowest BCUT2D eigenvalue weighted by Crippen LogP contribution is -2.36. The van der Waals surface area contributed by atoms with Crippen LogP contribution in [0.4, 0.5) is 5.69 Å². The van der Waals surface area contributed by atoms with Crippen LogP contribution >= 0.6 is 0 Å². The van der Waals surface area contributed by atoms with Crippen molar-refractivity contribution in [2.45, 2.75) is 6.42 Å². The quantitative estimate of drug-likeness (QED) is 0.565. The van der Waals surface area contributed by atoms with Gasteiger partial charge in [0.05, 0.1) is 16.7 Å². The van der Waals surface area contributed by atoms with Crippen molar-refractivity contribution in [2.75, 3.05) is 18.0 Å². The molecule has 1 saturated heterocycles. The lowest BCUT2D eigenvalue weighted by atomic mass is 10.1. The van der Waals surface area contributed by atoms with Gasteiger partial charge in [-0.25, -0.2) is 9.97 Å². The zero-order valence-corrected chi connectivity index (χ0v) is 12.7. The molecule has 2 aromatic carbocycles. The number of aromatic nitrogens is 3. The summed E-state index contributed by atoms with van der Waals surface area (Å²) in [6.07, 6.45) is 3.35. The molecule has 4 aromatic rings. The van der Waals surface area contributed by atoms with E-state index >= 15 is 0 Å². The minimum atomic E-state index is 0.746. The van der Waals surface area contributed by atoms with Crippen LogP contribution in [0.1, 0.15) is 6.42 Å². The van der Waals surface area contributed by atoms with Gasteiger partial charge >= 0.3 is 0 Å². The summed E-state index contributed by atoms with van der Waals surface area (Å²) in [7, 11) is 0. The summed E-state index contributed by atoms with van der Waals surface area (Å²) in [5, 5.41) is 0. The molecule has 112 valence electrons. The monoisotopic (exact) mass is 300 g/mol. The molecule has 4 nitrogen and oxygen atoms in total. The highest BCUT2D eigenvalue weighted by molar-refractivity contribution is 5.80. The number of hydrogen-bond donors (Lipinski definition) is 0. The van der Waals surface area contributed by atoms with Crippen molar-refractivity contribution in [3.8, 4) is 11.3 Å². The fraction of sp³-hybridized carbons (Fsp3) is 0.158. The van der Waals surface area contributed by atoms with Crippen LogP contribution in [-0.2, 0) is 0 Å². The van der Waals surface area contributed by atoms with Crippen molar-refractivity contribution in [2.24, 2.45) is 0 Å². The Morgan fingerprint density at radius 1 is 0.826 bits per heavy atom. The lowest BCUT2D eigenvalue weighted by Gasteiger charge is -2.33. The molecule has 4 heteroatoms. The van der Waals surface area contributed by atoms with Crippen LogP contribution in [0.15, 0.2) is 60.8 Å². The lowest BCUT2D eigenvalue weighted by molar-refractivity contribution is 0.618. The maximum absolute atomic E-state index is 4.73. The number of rotatable bonds is 2. The van der Waals surface area contributed by atoms with Gasteiger partial charge in [-0.05, 0) is 36.8 Å². The normalized spacial score (nSPS) is 14.3. The van der Waals surface area contributed by atoms with E-state index in [-0.39, 0.29) is 0 Å². The Balaban J connectivity index is 1.58. The van der Waals surface area contributed by atoms with Crippen LogP contribution in [-0.4, -0.2) is 27.5 Å². The third kappa shape index (κ3) is 1.99. The topological polar surface area (TPSA) is 33.4 Å². The number of imidazole rings is 1. The number of fused-ring (bicyclic) bond motifs is 3. The summed E-state index contributed by atoms with van der Waals surface area (Å²) in [6.45, 7) is 2.34. The Hall–Kier alpha value is -2.88. The van der Waals surface area contributed by atoms with E-state index < -0.39 is 0 Å². The van der Waals surface area contributed by atoms with E-state index in [4.69, 9.17) is 4.98 Å². The third-order valence-corrected chi connectivity index (χ3v) is 4.56. The fourth-order valence-corrected chi connectivity index (χ4v) is 3.13. The molecule has 0 bridgehead atoms. The first-order valence-corrected chi connectivity index (χ1v) is 7.98. The Morgan fingerprint density at radius 2 is 1.65 bits per heavy atom. The predicted molar refractivity (Wildman–Crippen MR) is 92.8 cm³/mol. The highest BCUT2D eigenvalue weighted by Crippen LogP contribution is 2.25. The van der Waals surface area contributed by atoms with Gasteiger partial charge in [0.15, 0.2) is 0 Å². The summed E-state index contributed by atoms with van der Waals surface area (Å²) in [4.78, 5) is 11.7. The van der Waals surface area contributed by atoms with Gasteiger partial charge in [-0.3, -0.25) is 4.40 Å². The molecule has 0 atom stereocenters. The van der Waals surface area contributed by atoms with Gasteiger partial charge in [0.25, 0.3) is 0 Å². The Morgan fingerprint density at radius 3 is 2.43 bits per heavy atom. The largest absolute Gasteiger partial charge is 0.371 e. The van der Waals surface area contributed by atoms with Crippen LogP contribution in [0.25, 0.3) is 28.1 Å². The van der Waals surface area contributed by atoms with Crippen LogP contribution in [0.2, 0.25) is 0 Å². The van der Waals surface area contributed by atoms with E-state index in [1.54, 1.807) is 0 Å². The molecule has 0 amide bonds. The average Bonchev–Trinajstić information content (AvgIpc) is 2.91. The second-order valence-electron chi connectivity index (χ2n) is 5.97. The molecule has 0 saturated carbocycles. The van der Waals surface area contributed by atoms with Crippen LogP contribution in [0.5, 0.6) is 0 Å². The molecule has 0 spiro atoms. The average molecular weight is 300 g/mol. The molecule has 3 heterocycles. The van der Waals surface area contributed by atoms with E-state index in [1.165, 1.54) is 25.2 Å². The second-order valence-corrected chi connectivity index (χ2v) is 5.97. The smallest absolute Gasteiger partial charge is 0.235 e. The molecule has 1 aliphatic heterocycles. The minimum absolute atomic E-state index is 0.746. The standard InChI is InChI=1S/C19H16N4/c1-2-5-18-17(4-1)21-19-20-16(10-13-23(18)19)14-6-8-15(9-7-14)22-11-3-12-22/h1-2,4-10,13H,3,11-12H2. The van der Waals surface area contributed by atoms with E-state index in [0.29, 0.717) is 0 Å². The van der Waals surface area contributed by atoms with Gasteiger partial charge in [0.2, 0.25) is 5.78 Å². The second kappa shape index (κ2) is 4.81. The molecule has 0 N–H and O–H groups in total. The highest BCUT2D eigenvalue weighted by Gasteiger charge is 2.14. The first-order chi connectivity index (χ1) is 11.4. The Kier molecular flexibility index (Phi) is 2.65. The number of hydrogen-bond acceptors (Lipinski definition) is 3. The molecular formula is C19H16N4. The molecule has 5 rings (SSSR count). The summed E-state index contributed by atoms with van der Waals surface area (Å²) < 4.78 is 2.03. The van der Waals surface area contributed by atoms with Gasteiger partial charge in [0.1, 0.15) is 0 Å². The van der Waals surface area contributed by atoms with E-state index in [1.807, 2.05) is 22.6 Å². The highest BCUT2D eigenvalue weighted by atomic mass is 15.2. The molecule has 1 fully saturated rings. The molecule has 0 radical (unpaired) electrons. The van der Waals surface area contributed by atoms with Crippen LogP contribution in [0.3, 0.4) is 0 Å². The summed E-state index contributed by atoms with van der Waals surface area (Å²) in [5.74, 6) is 0.746. The first kappa shape index (κ1) is 12.6. The minimum Gasteiger partial charge on any atom is -0.371 e. The summed E-state index contributed by atoms with van der Waals surface area (Å²) in [5.41, 5.74) is 5.46. The van der Waals surface area contributed by atoms with Crippen LogP contribution in [0, 0.1) is 0 Å². The zero-order valence-electron chi connectivity index (χ0n) is 12.7. The number of anilines is 1. The maximum atomic E-state index is 4.73. The predicted octanol–water partition coefficient (Wildman–Crippen LogP) is 3.76. The summed E-state index contributed by atoms with van der Waals surface area (Å²) >= 11 is 0. The van der Waals surface area contributed by atoms with Crippen molar-refractivity contribution in [1.29, 1.82) is 0 Å². The molecule has 23 heavy (non-hydrogen) atoms. The van der Waals surface area contributed by atoms with Crippen LogP contribution < -0.4 is 4.90 Å². The van der Waals surface area contributed by atoms with E-state index in [0.717, 1.165) is 28.1 Å². The molecule has 0 unspecified atom stereocenters. The molecule has 0 aliphatic carbocycles. The SMILES string of the molecule is c1ccc2c(c1)nc1nc(-c3ccc(N4CCC4)cc3)ccn12. The number of benzene rings is 2.